The molecule has 0 aromatic carbocycles. The Hall–Kier alpha value is -1.71. The lowest BCUT2D eigenvalue weighted by Gasteiger charge is -2.51. The molecule has 0 heterocycles. The Balaban J connectivity index is 2.24. The van der Waals surface area contributed by atoms with Gasteiger partial charge < -0.3 is 5.11 Å². The molecule has 0 amide bonds. The number of allylic oxidation sites excluding steroid dienone is 4. The first-order valence-electron chi connectivity index (χ1n) is 7.08. The molecule has 4 heteroatoms. The number of aliphatic hydroxyl groups is 1. The Kier molecular flexibility index (Phi) is 2.75. The number of carbonyl (C=O) groups is 3. The Labute approximate surface area is 117 Å². The number of Topliss-reactive ketones (excluding diaryl/α,β-unsaturated/α-hetero) is 3. The van der Waals surface area contributed by atoms with Crippen LogP contribution in [0.15, 0.2) is 23.5 Å². The van der Waals surface area contributed by atoms with Crippen LogP contribution in [0.5, 0.6) is 0 Å². The summed E-state index contributed by atoms with van der Waals surface area (Å²) in [5.41, 5.74) is -0.894. The van der Waals surface area contributed by atoms with E-state index >= 15 is 0 Å². The van der Waals surface area contributed by atoms with Gasteiger partial charge in [-0.3, -0.25) is 14.4 Å². The van der Waals surface area contributed by atoms with E-state index in [1.165, 1.54) is 6.92 Å². The van der Waals surface area contributed by atoms with Gasteiger partial charge in [0, 0.05) is 24.3 Å². The molecule has 0 unspecified atom stereocenters. The lowest BCUT2D eigenvalue weighted by Crippen LogP contribution is -2.57. The molecule has 4 atom stereocenters. The SMILES string of the molecule is CC1=C(O)C(=O)[C@]23CC(=O)CC[C@@H]2C=C[C@H](C)[C@@H]3C1=O. The normalized spacial score (nSPS) is 40.7. The highest BCUT2D eigenvalue weighted by atomic mass is 16.3. The fourth-order valence-electron chi connectivity index (χ4n) is 4.22. The summed E-state index contributed by atoms with van der Waals surface area (Å²) in [5.74, 6) is -1.72. The summed E-state index contributed by atoms with van der Waals surface area (Å²) in [5, 5.41) is 10.0. The molecule has 0 saturated heterocycles. The third-order valence-electron chi connectivity index (χ3n) is 5.26. The number of hydrogen-bond donors (Lipinski definition) is 1. The lowest BCUT2D eigenvalue weighted by atomic mass is 9.49. The van der Waals surface area contributed by atoms with E-state index in [9.17, 15) is 19.5 Å². The molecule has 1 spiro atoms. The van der Waals surface area contributed by atoms with Crippen molar-refractivity contribution in [2.75, 3.05) is 0 Å². The monoisotopic (exact) mass is 274 g/mol. The van der Waals surface area contributed by atoms with Crippen molar-refractivity contribution in [1.29, 1.82) is 0 Å². The summed E-state index contributed by atoms with van der Waals surface area (Å²) in [6.07, 6.45) is 5.06. The van der Waals surface area contributed by atoms with Gasteiger partial charge in [0.25, 0.3) is 0 Å². The predicted octanol–water partition coefficient (Wildman–Crippen LogP) is 2.15. The molecule has 3 rings (SSSR count). The highest BCUT2D eigenvalue weighted by molar-refractivity contribution is 6.16. The highest BCUT2D eigenvalue weighted by Gasteiger charge is 2.61. The van der Waals surface area contributed by atoms with E-state index in [2.05, 4.69) is 0 Å². The number of rotatable bonds is 0. The maximum atomic E-state index is 12.7. The standard InChI is InChI=1S/C16H18O4/c1-8-3-4-10-5-6-11(17)7-16(10)12(8)13(18)9(2)14(19)15(16)20/h3-4,8,10,12,19H,5-7H2,1-2H3/t8-,10-,12+,16+/m0/s1. The third kappa shape index (κ3) is 1.45. The quantitative estimate of drug-likeness (QED) is 0.687. The average molecular weight is 274 g/mol. The Bertz CT molecular complexity index is 583. The smallest absolute Gasteiger partial charge is 0.205 e. The van der Waals surface area contributed by atoms with Gasteiger partial charge >= 0.3 is 0 Å². The maximum Gasteiger partial charge on any atom is 0.205 e. The first kappa shape index (κ1) is 13.3. The van der Waals surface area contributed by atoms with E-state index in [-0.39, 0.29) is 35.4 Å². The molecule has 0 radical (unpaired) electrons. The molecule has 3 aliphatic rings. The average Bonchev–Trinajstić information content (AvgIpc) is 2.42. The summed E-state index contributed by atoms with van der Waals surface area (Å²) in [6, 6.07) is 0. The summed E-state index contributed by atoms with van der Waals surface area (Å²) < 4.78 is 0. The first-order chi connectivity index (χ1) is 9.39. The number of aliphatic hydroxyl groups excluding tert-OH is 1. The summed E-state index contributed by atoms with van der Waals surface area (Å²) in [6.45, 7) is 3.40. The summed E-state index contributed by atoms with van der Waals surface area (Å²) in [4.78, 5) is 37.2. The van der Waals surface area contributed by atoms with Crippen LogP contribution in [0.25, 0.3) is 0 Å². The van der Waals surface area contributed by atoms with E-state index in [1.54, 1.807) is 0 Å². The van der Waals surface area contributed by atoms with Gasteiger partial charge in [0.1, 0.15) is 5.78 Å². The van der Waals surface area contributed by atoms with Crippen LogP contribution in [0, 0.1) is 23.2 Å². The first-order valence-corrected chi connectivity index (χ1v) is 7.08. The van der Waals surface area contributed by atoms with Crippen LogP contribution >= 0.6 is 0 Å². The van der Waals surface area contributed by atoms with Crippen molar-refractivity contribution < 1.29 is 19.5 Å². The Morgan fingerprint density at radius 1 is 1.25 bits per heavy atom. The molecule has 0 bridgehead atoms. The van der Waals surface area contributed by atoms with Crippen molar-refractivity contribution in [3.63, 3.8) is 0 Å². The topological polar surface area (TPSA) is 71.4 Å². The van der Waals surface area contributed by atoms with Gasteiger partial charge in [-0.1, -0.05) is 19.1 Å². The summed E-state index contributed by atoms with van der Waals surface area (Å²) >= 11 is 0. The zero-order valence-electron chi connectivity index (χ0n) is 11.7. The lowest BCUT2D eigenvalue weighted by molar-refractivity contribution is -0.152. The van der Waals surface area contributed by atoms with E-state index < -0.39 is 22.9 Å². The van der Waals surface area contributed by atoms with Gasteiger partial charge in [-0.2, -0.15) is 0 Å². The second-order valence-electron chi connectivity index (χ2n) is 6.29. The van der Waals surface area contributed by atoms with Gasteiger partial charge in [0.05, 0.1) is 5.41 Å². The van der Waals surface area contributed by atoms with Crippen LogP contribution in [-0.4, -0.2) is 22.5 Å². The van der Waals surface area contributed by atoms with Crippen LogP contribution in [0.3, 0.4) is 0 Å². The van der Waals surface area contributed by atoms with Crippen molar-refractivity contribution in [2.24, 2.45) is 23.2 Å². The van der Waals surface area contributed by atoms with Gasteiger partial charge in [0.15, 0.2) is 11.5 Å². The molecule has 1 fully saturated rings. The van der Waals surface area contributed by atoms with Crippen molar-refractivity contribution in [1.82, 2.24) is 0 Å². The Morgan fingerprint density at radius 2 is 1.95 bits per heavy atom. The van der Waals surface area contributed by atoms with E-state index in [4.69, 9.17) is 0 Å². The fourth-order valence-corrected chi connectivity index (χ4v) is 4.22. The highest BCUT2D eigenvalue weighted by Crippen LogP contribution is 2.56. The minimum Gasteiger partial charge on any atom is -0.504 e. The largest absolute Gasteiger partial charge is 0.504 e. The van der Waals surface area contributed by atoms with E-state index in [0.717, 1.165) is 0 Å². The summed E-state index contributed by atoms with van der Waals surface area (Å²) in [7, 11) is 0. The van der Waals surface area contributed by atoms with Crippen molar-refractivity contribution in [3.05, 3.63) is 23.5 Å². The molecule has 1 N–H and O–H groups in total. The molecule has 20 heavy (non-hydrogen) atoms. The molecular formula is C16H18O4. The van der Waals surface area contributed by atoms with Crippen molar-refractivity contribution in [2.45, 2.75) is 33.1 Å². The molecule has 4 nitrogen and oxygen atoms in total. The molecule has 0 aromatic rings. The van der Waals surface area contributed by atoms with Crippen molar-refractivity contribution in [3.8, 4) is 0 Å². The maximum absolute atomic E-state index is 12.7. The second kappa shape index (κ2) is 4.14. The molecule has 1 saturated carbocycles. The Morgan fingerprint density at radius 3 is 2.65 bits per heavy atom. The van der Waals surface area contributed by atoms with Gasteiger partial charge in [0.2, 0.25) is 5.78 Å². The van der Waals surface area contributed by atoms with Crippen LogP contribution in [0.1, 0.15) is 33.1 Å². The molecule has 0 aliphatic heterocycles. The number of carbonyl (C=O) groups excluding carboxylic acids is 3. The number of ketones is 3. The third-order valence-corrected chi connectivity index (χ3v) is 5.26. The van der Waals surface area contributed by atoms with E-state index in [1.807, 2.05) is 19.1 Å². The fraction of sp³-hybridized carbons (Fsp3) is 0.562. The zero-order valence-corrected chi connectivity index (χ0v) is 11.7. The molecule has 3 aliphatic carbocycles. The minimum absolute atomic E-state index is 0.0160. The zero-order chi connectivity index (χ0) is 14.7. The van der Waals surface area contributed by atoms with E-state index in [0.29, 0.717) is 12.8 Å². The van der Waals surface area contributed by atoms with Gasteiger partial charge in [-0.05, 0) is 25.2 Å². The second-order valence-corrected chi connectivity index (χ2v) is 6.29. The van der Waals surface area contributed by atoms with Gasteiger partial charge in [-0.15, -0.1) is 0 Å². The minimum atomic E-state index is -1.04. The van der Waals surface area contributed by atoms with Crippen molar-refractivity contribution >= 4 is 17.3 Å². The molecule has 0 aromatic heterocycles. The molecular weight excluding hydrogens is 256 g/mol. The van der Waals surface area contributed by atoms with Crippen LogP contribution in [0.2, 0.25) is 0 Å². The van der Waals surface area contributed by atoms with Gasteiger partial charge in [-0.25, -0.2) is 0 Å². The molecule has 106 valence electrons. The van der Waals surface area contributed by atoms with Crippen LogP contribution in [-0.2, 0) is 14.4 Å². The predicted molar refractivity (Wildman–Crippen MR) is 71.9 cm³/mol. The van der Waals surface area contributed by atoms with Crippen LogP contribution in [0.4, 0.5) is 0 Å². The van der Waals surface area contributed by atoms with Crippen LogP contribution < -0.4 is 0 Å². The number of hydrogen-bond acceptors (Lipinski definition) is 4.